The first-order valence-electron chi connectivity index (χ1n) is 40.4. The fourth-order valence-electron chi connectivity index (χ4n) is 10.3. The highest BCUT2D eigenvalue weighted by atomic mass is 31.2. The molecule has 0 fully saturated rings. The van der Waals surface area contributed by atoms with Gasteiger partial charge in [0.05, 0.1) is 26.4 Å². The van der Waals surface area contributed by atoms with Crippen molar-refractivity contribution < 1.29 is 80.2 Å². The van der Waals surface area contributed by atoms with Crippen LogP contribution in [0.2, 0.25) is 0 Å². The van der Waals surface area contributed by atoms with Crippen molar-refractivity contribution in [3.8, 4) is 0 Å². The van der Waals surface area contributed by atoms with Crippen LogP contribution in [0.5, 0.6) is 0 Å². The third-order valence-electron chi connectivity index (χ3n) is 16.6. The number of carbonyl (C=O) groups excluding carboxylic acids is 4. The van der Waals surface area contributed by atoms with Crippen LogP contribution < -0.4 is 0 Å². The Hall–Kier alpha value is -4.80. The predicted octanol–water partition coefficient (Wildman–Crippen LogP) is 23.7. The number of unbranched alkanes of at least 4 members (excludes halogenated alkanes) is 27. The van der Waals surface area contributed by atoms with Gasteiger partial charge in [-0.3, -0.25) is 37.3 Å². The van der Waals surface area contributed by atoms with Crippen molar-refractivity contribution in [3.05, 3.63) is 134 Å². The van der Waals surface area contributed by atoms with E-state index in [-0.39, 0.29) is 25.7 Å². The lowest BCUT2D eigenvalue weighted by Crippen LogP contribution is -2.30. The Morgan fingerprint density at radius 3 is 0.788 bits per heavy atom. The molecule has 19 heteroatoms. The van der Waals surface area contributed by atoms with Crippen molar-refractivity contribution >= 4 is 39.5 Å². The Bertz CT molecular complexity index is 2490. The normalized spacial score (nSPS) is 14.6. The van der Waals surface area contributed by atoms with E-state index in [1.54, 1.807) is 0 Å². The van der Waals surface area contributed by atoms with Gasteiger partial charge in [0, 0.05) is 25.7 Å². The predicted molar refractivity (Wildman–Crippen MR) is 427 cm³/mol. The molecule has 596 valence electrons. The van der Waals surface area contributed by atoms with Crippen molar-refractivity contribution in [1.29, 1.82) is 0 Å². The summed E-state index contributed by atoms with van der Waals surface area (Å²) in [7, 11) is -10.0. The SMILES string of the molecule is CCCCCC=CCC=CCC=CCC=CCCCC(=O)OC[C@H](COP(=O)(O)OCC(O)COP(=O)(O)OC[C@@H](COC(=O)CCCCCCCC=CCC=CCCCCC)OC(=O)CCCCCCCC=CCC=CCCCCC)OC(=O)CCCC=CCC=CCC=CCCCCCCCC. The quantitative estimate of drug-likeness (QED) is 0.0169. The van der Waals surface area contributed by atoms with Crippen LogP contribution >= 0.6 is 15.6 Å². The van der Waals surface area contributed by atoms with Gasteiger partial charge < -0.3 is 33.8 Å². The Kier molecular flexibility index (Phi) is 72.9. The van der Waals surface area contributed by atoms with Crippen LogP contribution in [-0.2, 0) is 65.4 Å². The molecule has 104 heavy (non-hydrogen) atoms. The first kappa shape index (κ1) is 99.2. The molecule has 3 unspecified atom stereocenters. The molecule has 5 atom stereocenters. The number of aliphatic hydroxyl groups excluding tert-OH is 1. The maximum atomic E-state index is 13.1. The number of allylic oxidation sites excluding steroid dienone is 22. The maximum Gasteiger partial charge on any atom is 0.472 e. The summed E-state index contributed by atoms with van der Waals surface area (Å²) in [4.78, 5) is 73.0. The van der Waals surface area contributed by atoms with E-state index in [1.807, 2.05) is 24.3 Å². The molecule has 0 saturated carbocycles. The van der Waals surface area contributed by atoms with Crippen LogP contribution in [0.15, 0.2) is 134 Å². The lowest BCUT2D eigenvalue weighted by atomic mass is 10.1. The number of phosphoric ester groups is 2. The van der Waals surface area contributed by atoms with Crippen LogP contribution in [0.4, 0.5) is 0 Å². The Morgan fingerprint density at radius 2 is 0.481 bits per heavy atom. The second-order valence-electron chi connectivity index (χ2n) is 26.6. The minimum atomic E-state index is -5.01. The topological polar surface area (TPSA) is 237 Å². The average molecular weight is 1500 g/mol. The molecule has 0 saturated heterocycles. The highest BCUT2D eigenvalue weighted by Gasteiger charge is 2.30. The van der Waals surface area contributed by atoms with Gasteiger partial charge in [-0.25, -0.2) is 9.13 Å². The van der Waals surface area contributed by atoms with Gasteiger partial charge in [0.25, 0.3) is 0 Å². The minimum Gasteiger partial charge on any atom is -0.462 e. The fourth-order valence-corrected chi connectivity index (χ4v) is 11.9. The van der Waals surface area contributed by atoms with Gasteiger partial charge in [-0.15, -0.1) is 0 Å². The number of rotatable bonds is 75. The zero-order chi connectivity index (χ0) is 76.0. The van der Waals surface area contributed by atoms with Crippen molar-refractivity contribution in [3.63, 3.8) is 0 Å². The summed E-state index contributed by atoms with van der Waals surface area (Å²) >= 11 is 0. The summed E-state index contributed by atoms with van der Waals surface area (Å²) < 4.78 is 68.5. The van der Waals surface area contributed by atoms with Gasteiger partial charge in [-0.05, 0) is 161 Å². The number of ether oxygens (including phenoxy) is 4. The lowest BCUT2D eigenvalue weighted by molar-refractivity contribution is -0.161. The van der Waals surface area contributed by atoms with E-state index in [9.17, 15) is 43.2 Å². The average Bonchev–Trinajstić information content (AvgIpc) is 0.926. The zero-order valence-electron chi connectivity index (χ0n) is 65.2. The van der Waals surface area contributed by atoms with E-state index >= 15 is 0 Å². The molecule has 0 aliphatic carbocycles. The smallest absolute Gasteiger partial charge is 0.462 e. The third-order valence-corrected chi connectivity index (χ3v) is 18.5. The molecule has 0 spiro atoms. The van der Waals surface area contributed by atoms with Gasteiger partial charge in [-0.2, -0.15) is 0 Å². The molecule has 0 aromatic carbocycles. The summed E-state index contributed by atoms with van der Waals surface area (Å²) in [6, 6.07) is 0. The fraction of sp³-hybridized carbons (Fsp3) is 0.694. The van der Waals surface area contributed by atoms with E-state index in [0.717, 1.165) is 135 Å². The Balaban J connectivity index is 5.49. The Morgan fingerprint density at radius 1 is 0.269 bits per heavy atom. The van der Waals surface area contributed by atoms with Crippen molar-refractivity contribution in [2.75, 3.05) is 39.6 Å². The Labute approximate surface area is 631 Å². The van der Waals surface area contributed by atoms with E-state index in [2.05, 4.69) is 137 Å². The largest absolute Gasteiger partial charge is 0.472 e. The van der Waals surface area contributed by atoms with E-state index in [1.165, 1.54) is 96.3 Å². The van der Waals surface area contributed by atoms with Crippen LogP contribution in [0.25, 0.3) is 0 Å². The first-order chi connectivity index (χ1) is 50.7. The summed E-state index contributed by atoms with van der Waals surface area (Å²) in [5.41, 5.74) is 0. The lowest BCUT2D eigenvalue weighted by Gasteiger charge is -2.21. The van der Waals surface area contributed by atoms with Gasteiger partial charge >= 0.3 is 39.5 Å². The summed E-state index contributed by atoms with van der Waals surface area (Å²) in [5.74, 6) is -2.33. The molecule has 3 N–H and O–H groups in total. The highest BCUT2D eigenvalue weighted by molar-refractivity contribution is 7.47. The summed E-state index contributed by atoms with van der Waals surface area (Å²) in [6.07, 6.45) is 85.8. The summed E-state index contributed by atoms with van der Waals surface area (Å²) in [5, 5.41) is 10.6. The van der Waals surface area contributed by atoms with E-state index in [4.69, 9.17) is 37.0 Å². The molecule has 0 heterocycles. The van der Waals surface area contributed by atoms with Gasteiger partial charge in [0.15, 0.2) is 12.2 Å². The standard InChI is InChI=1S/C85H144O17P2/c1-5-9-13-17-21-25-29-33-37-39-43-46-50-54-58-62-66-70-83(88)96-76-81(102-85(90)72-68-64-60-56-52-48-44-40-38-34-30-26-22-18-14-10-6-2)78-100-104(93,94)98-74-79(86)73-97-103(91,92)99-77-80(101-84(89)71-67-63-59-55-51-47-42-36-32-28-24-20-16-12-8-4)75-95-82(87)69-65-61-57-53-49-45-41-35-31-27-23-19-15-11-7-3/h21,23-25,27-28,33-38,41-44,46,48,54,56,58,60,79-81,86H,5-20,22,26,29-32,39-40,45,47,49-53,55,57,59,61-78H2,1-4H3,(H,91,92)(H,93,94)/t79?,80-,81-/m1/s1. The minimum absolute atomic E-state index is 0.00838. The van der Waals surface area contributed by atoms with Crippen LogP contribution in [-0.4, -0.2) is 96.7 Å². The van der Waals surface area contributed by atoms with Crippen molar-refractivity contribution in [2.24, 2.45) is 0 Å². The van der Waals surface area contributed by atoms with Gasteiger partial charge in [0.1, 0.15) is 19.3 Å². The number of esters is 4. The van der Waals surface area contributed by atoms with Crippen molar-refractivity contribution in [1.82, 2.24) is 0 Å². The molecule has 0 aromatic heterocycles. The number of carbonyl (C=O) groups is 4. The summed E-state index contributed by atoms with van der Waals surface area (Å²) in [6.45, 7) is 4.65. The zero-order valence-corrected chi connectivity index (χ0v) is 66.9. The second-order valence-corrected chi connectivity index (χ2v) is 29.5. The third kappa shape index (κ3) is 75.4. The van der Waals surface area contributed by atoms with Gasteiger partial charge in [-0.1, -0.05) is 271 Å². The number of hydrogen-bond donors (Lipinski definition) is 3. The van der Waals surface area contributed by atoms with Crippen LogP contribution in [0.1, 0.15) is 323 Å². The second kappa shape index (κ2) is 76.4. The number of aliphatic hydroxyl groups is 1. The molecule has 0 aliphatic rings. The number of hydrogen-bond acceptors (Lipinski definition) is 15. The number of phosphoric acid groups is 2. The monoisotopic (exact) mass is 1500 g/mol. The molecule has 0 bridgehead atoms. The molecule has 0 radical (unpaired) electrons. The molecule has 0 amide bonds. The van der Waals surface area contributed by atoms with Crippen LogP contribution in [0.3, 0.4) is 0 Å². The molecule has 17 nitrogen and oxygen atoms in total. The molecule has 0 aliphatic heterocycles. The van der Waals surface area contributed by atoms with E-state index < -0.39 is 97.5 Å². The molecule has 0 aromatic rings. The van der Waals surface area contributed by atoms with Crippen molar-refractivity contribution in [2.45, 2.75) is 341 Å². The van der Waals surface area contributed by atoms with Gasteiger partial charge in [0.2, 0.25) is 0 Å². The molecule has 0 rings (SSSR count). The van der Waals surface area contributed by atoms with E-state index in [0.29, 0.717) is 38.5 Å². The first-order valence-corrected chi connectivity index (χ1v) is 43.4. The highest BCUT2D eigenvalue weighted by Crippen LogP contribution is 2.45. The van der Waals surface area contributed by atoms with Crippen LogP contribution in [0, 0.1) is 0 Å². The molecular formula is C85H144O17P2. The molecular weight excluding hydrogens is 1350 g/mol. The maximum absolute atomic E-state index is 13.1.